The lowest BCUT2D eigenvalue weighted by Crippen LogP contribution is -2.35. The fourth-order valence-electron chi connectivity index (χ4n) is 3.74. The number of hydrogen-bond donors (Lipinski definition) is 2. The smallest absolute Gasteiger partial charge is 0.348 e. The normalized spacial score (nSPS) is 12.1. The Morgan fingerprint density at radius 1 is 1.28 bits per heavy atom. The van der Waals surface area contributed by atoms with Gasteiger partial charge in [-0.1, -0.05) is 30.9 Å². The van der Waals surface area contributed by atoms with Crippen LogP contribution in [-0.2, 0) is 17.8 Å². The van der Waals surface area contributed by atoms with Crippen LogP contribution in [-0.4, -0.2) is 51.8 Å². The van der Waals surface area contributed by atoms with Crippen LogP contribution in [0.25, 0.3) is 10.2 Å². The highest BCUT2D eigenvalue weighted by Gasteiger charge is 2.22. The van der Waals surface area contributed by atoms with E-state index >= 15 is 0 Å². The van der Waals surface area contributed by atoms with Crippen LogP contribution in [0.1, 0.15) is 26.8 Å². The zero-order valence-electron chi connectivity index (χ0n) is 19.8. The fourth-order valence-corrected chi connectivity index (χ4v) is 4.83. The molecule has 10 heteroatoms. The van der Waals surface area contributed by atoms with Crippen LogP contribution in [0, 0.1) is 6.92 Å². The summed E-state index contributed by atoms with van der Waals surface area (Å²) >= 11 is 1.12. The van der Waals surface area contributed by atoms with Gasteiger partial charge in [0.05, 0.1) is 24.7 Å². The number of para-hydroxylation sites is 1. The van der Waals surface area contributed by atoms with Gasteiger partial charge < -0.3 is 24.0 Å². The number of fused-ring (bicyclic) bond motifs is 1. The van der Waals surface area contributed by atoms with E-state index in [1.165, 1.54) is 6.08 Å². The number of benzene rings is 1. The van der Waals surface area contributed by atoms with Crippen molar-refractivity contribution in [3.63, 3.8) is 0 Å². The van der Waals surface area contributed by atoms with Gasteiger partial charge in [-0.25, -0.2) is 9.78 Å². The molecule has 0 bridgehead atoms. The third-order valence-corrected chi connectivity index (χ3v) is 6.52. The van der Waals surface area contributed by atoms with Crippen LogP contribution in [0.4, 0.5) is 0 Å². The first-order chi connectivity index (χ1) is 17.4. The second-order valence-corrected chi connectivity index (χ2v) is 9.16. The monoisotopic (exact) mass is 509 g/mol. The van der Waals surface area contributed by atoms with E-state index in [-0.39, 0.29) is 31.9 Å². The summed E-state index contributed by atoms with van der Waals surface area (Å²) in [5.41, 5.74) is 0.197. The Balaban J connectivity index is 1.52. The average Bonchev–Trinajstić information content (AvgIpc) is 3.49. The number of aliphatic hydroxyl groups excluding tert-OH is 1. The maximum Gasteiger partial charge on any atom is 0.348 e. The molecule has 0 saturated heterocycles. The zero-order valence-corrected chi connectivity index (χ0v) is 20.6. The summed E-state index contributed by atoms with van der Waals surface area (Å²) in [5, 5.41) is 11.0. The maximum absolute atomic E-state index is 12.9. The van der Waals surface area contributed by atoms with Crippen molar-refractivity contribution in [1.29, 1.82) is 0 Å². The second-order valence-electron chi connectivity index (χ2n) is 8.16. The van der Waals surface area contributed by atoms with Gasteiger partial charge in [-0.3, -0.25) is 9.69 Å². The molecule has 2 N–H and O–H groups in total. The molecule has 0 amide bonds. The maximum atomic E-state index is 12.9. The number of rotatable bonds is 12. The highest BCUT2D eigenvalue weighted by Crippen LogP contribution is 2.28. The number of aromatic amines is 1. The highest BCUT2D eigenvalue weighted by molar-refractivity contribution is 7.20. The Morgan fingerprint density at radius 2 is 2.08 bits per heavy atom. The predicted octanol–water partition coefficient (Wildman–Crippen LogP) is 3.67. The summed E-state index contributed by atoms with van der Waals surface area (Å²) in [6.45, 7) is 6.30. The number of carbonyl (C=O) groups excluding carboxylic acids is 1. The molecule has 1 aromatic carbocycles. The van der Waals surface area contributed by atoms with Gasteiger partial charge >= 0.3 is 5.97 Å². The third kappa shape index (κ3) is 6.28. The summed E-state index contributed by atoms with van der Waals surface area (Å²) in [5.74, 6) is 1.26. The molecular formula is C26H27N3O6S. The van der Waals surface area contributed by atoms with Crippen molar-refractivity contribution in [3.05, 3.63) is 93.8 Å². The Morgan fingerprint density at radius 3 is 2.81 bits per heavy atom. The molecule has 3 heterocycles. The molecule has 36 heavy (non-hydrogen) atoms. The minimum atomic E-state index is -0.800. The molecule has 1 atom stereocenters. The summed E-state index contributed by atoms with van der Waals surface area (Å²) in [6, 6.07) is 12.9. The number of furan rings is 1. The number of thiophene rings is 1. The summed E-state index contributed by atoms with van der Waals surface area (Å²) in [7, 11) is 0. The van der Waals surface area contributed by atoms with Gasteiger partial charge in [-0.05, 0) is 36.8 Å². The highest BCUT2D eigenvalue weighted by atomic mass is 32.1. The van der Waals surface area contributed by atoms with Crippen molar-refractivity contribution in [2.24, 2.45) is 0 Å². The molecule has 4 aromatic rings. The number of H-pyrrole nitrogens is 1. The van der Waals surface area contributed by atoms with Crippen LogP contribution in [0.5, 0.6) is 5.75 Å². The topological polar surface area (TPSA) is 118 Å². The van der Waals surface area contributed by atoms with E-state index in [9.17, 15) is 14.7 Å². The minimum absolute atomic E-state index is 0.0829. The zero-order chi connectivity index (χ0) is 25.5. The SMILES string of the molecule is C=CCOC(=O)c1sc2nc(CN(Cc3ccco3)CC(O)COc3ccccc3)[nH]c(=O)c2c1C. The van der Waals surface area contributed by atoms with E-state index in [2.05, 4.69) is 16.5 Å². The number of aromatic nitrogens is 2. The van der Waals surface area contributed by atoms with Crippen LogP contribution >= 0.6 is 11.3 Å². The molecule has 0 aliphatic heterocycles. The Hall–Kier alpha value is -3.73. The van der Waals surface area contributed by atoms with Crippen LogP contribution in [0.15, 0.2) is 70.6 Å². The van der Waals surface area contributed by atoms with Crippen LogP contribution < -0.4 is 10.3 Å². The first-order valence-corrected chi connectivity index (χ1v) is 12.2. The molecule has 0 aliphatic rings. The van der Waals surface area contributed by atoms with Crippen molar-refractivity contribution in [3.8, 4) is 5.75 Å². The van der Waals surface area contributed by atoms with Crippen molar-refractivity contribution >= 4 is 27.5 Å². The molecule has 1 unspecified atom stereocenters. The molecule has 0 radical (unpaired) electrons. The van der Waals surface area contributed by atoms with Gasteiger partial charge in [-0.15, -0.1) is 11.3 Å². The molecule has 0 spiro atoms. The lowest BCUT2D eigenvalue weighted by molar-refractivity contribution is 0.0554. The van der Waals surface area contributed by atoms with Crippen molar-refractivity contribution in [1.82, 2.24) is 14.9 Å². The van der Waals surface area contributed by atoms with E-state index < -0.39 is 12.1 Å². The summed E-state index contributed by atoms with van der Waals surface area (Å²) < 4.78 is 16.3. The third-order valence-electron chi connectivity index (χ3n) is 5.35. The van der Waals surface area contributed by atoms with E-state index in [1.807, 2.05) is 41.3 Å². The molecule has 0 saturated carbocycles. The average molecular weight is 510 g/mol. The fraction of sp³-hybridized carbons (Fsp3) is 0.269. The number of hydrogen-bond acceptors (Lipinski definition) is 9. The Labute approximate surface area is 211 Å². The standard InChI is InChI=1S/C26H27N3O6S/c1-3-11-34-26(32)23-17(2)22-24(31)27-21(28-25(22)36-23)15-29(14-20-10-7-12-33-20)13-18(30)16-35-19-8-5-4-6-9-19/h3-10,12,18,30H,1,11,13-16H2,2H3,(H,27,28,31). The first kappa shape index (κ1) is 25.4. The largest absolute Gasteiger partial charge is 0.491 e. The predicted molar refractivity (Wildman–Crippen MR) is 136 cm³/mol. The number of esters is 1. The minimum Gasteiger partial charge on any atom is -0.491 e. The van der Waals surface area contributed by atoms with Gasteiger partial charge in [0.15, 0.2) is 0 Å². The lowest BCUT2D eigenvalue weighted by Gasteiger charge is -2.24. The van der Waals surface area contributed by atoms with E-state index in [4.69, 9.17) is 13.9 Å². The van der Waals surface area contributed by atoms with Gasteiger partial charge in [0.25, 0.3) is 5.56 Å². The van der Waals surface area contributed by atoms with Crippen LogP contribution in [0.3, 0.4) is 0 Å². The summed E-state index contributed by atoms with van der Waals surface area (Å²) in [4.78, 5) is 35.4. The number of nitrogens with one attached hydrogen (secondary N) is 1. The molecule has 188 valence electrons. The molecule has 0 aliphatic carbocycles. The van der Waals surface area contributed by atoms with Gasteiger partial charge in [0.1, 0.15) is 46.4 Å². The van der Waals surface area contributed by atoms with Crippen molar-refractivity contribution < 1.29 is 23.8 Å². The molecule has 9 nitrogen and oxygen atoms in total. The van der Waals surface area contributed by atoms with Crippen molar-refractivity contribution in [2.45, 2.75) is 26.1 Å². The first-order valence-electron chi connectivity index (χ1n) is 11.4. The molecule has 3 aromatic heterocycles. The van der Waals surface area contributed by atoms with Crippen LogP contribution in [0.2, 0.25) is 0 Å². The number of aliphatic hydroxyl groups is 1. The number of nitrogens with zero attached hydrogens (tertiary/aromatic N) is 2. The van der Waals surface area contributed by atoms with Gasteiger partial charge in [-0.2, -0.15) is 0 Å². The molecule has 0 fully saturated rings. The second kappa shape index (κ2) is 11.8. The number of ether oxygens (including phenoxy) is 2. The lowest BCUT2D eigenvalue weighted by atomic mass is 10.2. The number of carbonyl (C=O) groups is 1. The number of aryl methyl sites for hydroxylation is 1. The van der Waals surface area contributed by atoms with Gasteiger partial charge in [0.2, 0.25) is 0 Å². The Bertz CT molecular complexity index is 1360. The molecular weight excluding hydrogens is 482 g/mol. The van der Waals surface area contributed by atoms with E-state index in [1.54, 1.807) is 19.3 Å². The summed E-state index contributed by atoms with van der Waals surface area (Å²) in [6.07, 6.45) is 2.26. The van der Waals surface area contributed by atoms with E-state index in [0.717, 1.165) is 11.3 Å². The van der Waals surface area contributed by atoms with Gasteiger partial charge in [0, 0.05) is 6.54 Å². The van der Waals surface area contributed by atoms with E-state index in [0.29, 0.717) is 44.5 Å². The van der Waals surface area contributed by atoms with Crippen molar-refractivity contribution in [2.75, 3.05) is 19.8 Å². The molecule has 4 rings (SSSR count). The quantitative estimate of drug-likeness (QED) is 0.219. The Kier molecular flexibility index (Phi) is 8.32.